The molecule has 0 amide bonds. The zero-order valence-corrected chi connectivity index (χ0v) is 10.5. The van der Waals surface area contributed by atoms with Crippen LogP contribution in [0.15, 0.2) is 0 Å². The average Bonchev–Trinajstić information content (AvgIpc) is 2.37. The van der Waals surface area contributed by atoms with E-state index in [1.54, 1.807) is 0 Å². The van der Waals surface area contributed by atoms with Crippen LogP contribution >= 0.6 is 0 Å². The second-order valence-corrected chi connectivity index (χ2v) is 3.06. The van der Waals surface area contributed by atoms with Gasteiger partial charge in [-0.2, -0.15) is 19.4 Å². The molecule has 0 bridgehead atoms. The second-order valence-electron chi connectivity index (χ2n) is 3.06. The quantitative estimate of drug-likeness (QED) is 0.281. The highest BCUT2D eigenvalue weighted by Crippen LogP contribution is 1.94. The molecule has 106 valence electrons. The van der Waals surface area contributed by atoms with Crippen LogP contribution in [-0.2, 0) is 28.7 Å². The van der Waals surface area contributed by atoms with E-state index in [0.717, 1.165) is 0 Å². The molecule has 0 aromatic heterocycles. The van der Waals surface area contributed by atoms with E-state index >= 15 is 0 Å². The summed E-state index contributed by atoms with van der Waals surface area (Å²) in [5.74, 6) is 0. The number of hydrogen-bond donors (Lipinski definition) is 0. The molecule has 0 aliphatic heterocycles. The molecule has 0 aromatic carbocycles. The van der Waals surface area contributed by atoms with Crippen LogP contribution < -0.4 is 0 Å². The van der Waals surface area contributed by atoms with Crippen LogP contribution in [0.5, 0.6) is 0 Å². The molecule has 0 aliphatic rings. The predicted octanol–water partition coefficient (Wildman–Crippen LogP) is 1.28. The fraction of sp³-hybridized carbons (Fsp3) is 0.800. The molecule has 8 heteroatoms. The van der Waals surface area contributed by atoms with Crippen molar-refractivity contribution in [1.29, 1.82) is 0 Å². The fourth-order valence-corrected chi connectivity index (χ4v) is 0.834. The van der Waals surface area contributed by atoms with Crippen LogP contribution in [0.1, 0.15) is 12.8 Å². The number of carbonyl (C=O) groups is 2. The number of hydrogen-bond acceptors (Lipinski definition) is 8. The van der Waals surface area contributed by atoms with Crippen molar-refractivity contribution >= 4 is 12.3 Å². The molecule has 0 N–H and O–H groups in total. The van der Waals surface area contributed by atoms with Crippen molar-refractivity contribution in [3.05, 3.63) is 0 Å². The van der Waals surface area contributed by atoms with Gasteiger partial charge in [-0.05, 0) is 0 Å². The topological polar surface area (TPSA) is 89.5 Å². The van der Waals surface area contributed by atoms with Gasteiger partial charge in [-0.15, -0.1) is 0 Å². The minimum atomic E-state index is -1.11. The van der Waals surface area contributed by atoms with Crippen molar-refractivity contribution in [2.75, 3.05) is 40.6 Å². The maximum atomic E-state index is 10.8. The maximum Gasteiger partial charge on any atom is 0.549 e. The lowest BCUT2D eigenvalue weighted by atomic mass is 10.5. The normalized spacial score (nSPS) is 9.67. The van der Waals surface area contributed by atoms with Gasteiger partial charge in [-0.3, -0.25) is 0 Å². The first kappa shape index (κ1) is 16.5. The van der Waals surface area contributed by atoms with Crippen molar-refractivity contribution in [3.8, 4) is 0 Å². The van der Waals surface area contributed by atoms with Crippen molar-refractivity contribution in [3.63, 3.8) is 0 Å². The first-order chi connectivity index (χ1) is 8.70. The standard InChI is InChI=1S/C10H18O8/c1-13-5-3-7-15-9(11)17-18-10(12)16-8-4-6-14-2/h3-8H2,1-2H3. The van der Waals surface area contributed by atoms with Crippen LogP contribution in [0, 0.1) is 0 Å². The fourth-order valence-electron chi connectivity index (χ4n) is 0.834. The van der Waals surface area contributed by atoms with Crippen LogP contribution in [0.4, 0.5) is 9.59 Å². The van der Waals surface area contributed by atoms with Gasteiger partial charge >= 0.3 is 12.3 Å². The summed E-state index contributed by atoms with van der Waals surface area (Å²) >= 11 is 0. The average molecular weight is 266 g/mol. The number of carbonyl (C=O) groups excluding carboxylic acids is 2. The van der Waals surface area contributed by atoms with Crippen LogP contribution in [0.3, 0.4) is 0 Å². The highest BCUT2D eigenvalue weighted by Gasteiger charge is 2.11. The Kier molecular flexibility index (Phi) is 10.9. The van der Waals surface area contributed by atoms with Gasteiger partial charge in [-0.1, -0.05) is 0 Å². The van der Waals surface area contributed by atoms with Gasteiger partial charge in [-0.25, -0.2) is 0 Å². The SMILES string of the molecule is COCCCOC(=O)OOC(=O)OCCCOC. The van der Waals surface area contributed by atoms with Crippen LogP contribution in [-0.4, -0.2) is 53.0 Å². The van der Waals surface area contributed by atoms with E-state index < -0.39 is 12.3 Å². The molecule has 0 fully saturated rings. The molecule has 0 aliphatic carbocycles. The molecule has 0 rings (SSSR count). The Hall–Kier alpha value is -1.54. The molecular weight excluding hydrogens is 248 g/mol. The summed E-state index contributed by atoms with van der Waals surface area (Å²) in [7, 11) is 3.06. The Morgan fingerprint density at radius 3 is 1.44 bits per heavy atom. The zero-order valence-electron chi connectivity index (χ0n) is 10.5. The van der Waals surface area contributed by atoms with E-state index in [0.29, 0.717) is 26.1 Å². The second kappa shape index (κ2) is 11.9. The Morgan fingerprint density at radius 1 is 0.722 bits per heavy atom. The predicted molar refractivity (Wildman–Crippen MR) is 57.9 cm³/mol. The first-order valence-electron chi connectivity index (χ1n) is 5.36. The molecule has 0 aromatic rings. The lowest BCUT2D eigenvalue weighted by molar-refractivity contribution is -0.218. The Labute approximate surface area is 105 Å². The number of rotatable bonds is 8. The molecule has 0 heterocycles. The molecular formula is C10H18O8. The van der Waals surface area contributed by atoms with Crippen molar-refractivity contribution in [2.45, 2.75) is 12.8 Å². The summed E-state index contributed by atoms with van der Waals surface area (Å²) in [6.07, 6.45) is -1.18. The van der Waals surface area contributed by atoms with E-state index in [1.165, 1.54) is 14.2 Å². The smallest absolute Gasteiger partial charge is 0.432 e. The van der Waals surface area contributed by atoms with Gasteiger partial charge in [0.1, 0.15) is 0 Å². The monoisotopic (exact) mass is 266 g/mol. The molecule has 0 atom stereocenters. The highest BCUT2D eigenvalue weighted by atomic mass is 17.3. The Balaban J connectivity index is 3.39. The third-order valence-electron chi connectivity index (χ3n) is 1.60. The third kappa shape index (κ3) is 11.0. The number of ether oxygens (including phenoxy) is 4. The first-order valence-corrected chi connectivity index (χ1v) is 5.36. The highest BCUT2D eigenvalue weighted by molar-refractivity contribution is 5.63. The van der Waals surface area contributed by atoms with Gasteiger partial charge in [0.25, 0.3) is 0 Å². The lowest BCUT2D eigenvalue weighted by Gasteiger charge is -2.05. The molecule has 18 heavy (non-hydrogen) atoms. The van der Waals surface area contributed by atoms with E-state index in [9.17, 15) is 9.59 Å². The molecule has 0 radical (unpaired) electrons. The van der Waals surface area contributed by atoms with Gasteiger partial charge in [0.2, 0.25) is 0 Å². The summed E-state index contributed by atoms with van der Waals surface area (Å²) in [6, 6.07) is 0. The third-order valence-corrected chi connectivity index (χ3v) is 1.60. The van der Waals surface area contributed by atoms with E-state index in [1.807, 2.05) is 0 Å². The van der Waals surface area contributed by atoms with Crippen molar-refractivity contribution in [2.24, 2.45) is 0 Å². The summed E-state index contributed by atoms with van der Waals surface area (Å²) in [5.41, 5.74) is 0. The zero-order chi connectivity index (χ0) is 13.6. The molecule has 0 saturated heterocycles. The summed E-state index contributed by atoms with van der Waals surface area (Å²) < 4.78 is 18.6. The summed E-state index contributed by atoms with van der Waals surface area (Å²) in [6.45, 7) is 1.13. The minimum Gasteiger partial charge on any atom is -0.432 e. The van der Waals surface area contributed by atoms with E-state index in [4.69, 9.17) is 9.47 Å². The van der Waals surface area contributed by atoms with Gasteiger partial charge < -0.3 is 18.9 Å². The molecule has 0 saturated carbocycles. The molecule has 0 unspecified atom stereocenters. The summed E-state index contributed by atoms with van der Waals surface area (Å²) in [5, 5.41) is 0. The van der Waals surface area contributed by atoms with E-state index in [-0.39, 0.29) is 13.2 Å². The Bertz CT molecular complexity index is 206. The van der Waals surface area contributed by atoms with Crippen molar-refractivity contribution in [1.82, 2.24) is 0 Å². The van der Waals surface area contributed by atoms with Crippen molar-refractivity contribution < 1.29 is 38.3 Å². The Morgan fingerprint density at radius 2 is 1.11 bits per heavy atom. The van der Waals surface area contributed by atoms with Gasteiger partial charge in [0.15, 0.2) is 0 Å². The molecule has 0 spiro atoms. The van der Waals surface area contributed by atoms with Gasteiger partial charge in [0.05, 0.1) is 13.2 Å². The largest absolute Gasteiger partial charge is 0.549 e. The minimum absolute atomic E-state index is 0.110. The molecule has 8 nitrogen and oxygen atoms in total. The maximum absolute atomic E-state index is 10.8. The summed E-state index contributed by atoms with van der Waals surface area (Å²) in [4.78, 5) is 29.8. The van der Waals surface area contributed by atoms with Gasteiger partial charge in [0, 0.05) is 40.3 Å². The van der Waals surface area contributed by atoms with E-state index in [2.05, 4.69) is 19.2 Å². The number of methoxy groups -OCH3 is 2. The van der Waals surface area contributed by atoms with Crippen LogP contribution in [0.25, 0.3) is 0 Å². The van der Waals surface area contributed by atoms with Crippen LogP contribution in [0.2, 0.25) is 0 Å². The lowest BCUT2D eigenvalue weighted by Crippen LogP contribution is -2.15.